The zero-order valence-electron chi connectivity index (χ0n) is 69.2. The molecule has 1 amide bonds. The summed E-state index contributed by atoms with van der Waals surface area (Å²) in [5, 5.41) is 13.8. The van der Waals surface area contributed by atoms with Crippen molar-refractivity contribution in [2.45, 2.75) is 45.1 Å². The molecular weight excluding hydrogens is 1720 g/mol. The summed E-state index contributed by atoms with van der Waals surface area (Å²) < 4.78 is 273. The molecule has 2 N–H and O–H groups in total. The Morgan fingerprint density at radius 2 is 0.934 bits per heavy atom. The van der Waals surface area contributed by atoms with E-state index in [0.29, 0.717) is 152 Å². The Labute approximate surface area is 707 Å². The van der Waals surface area contributed by atoms with E-state index in [1.807, 2.05) is 24.3 Å². The molecule has 0 aliphatic carbocycles. The quantitative estimate of drug-likeness (QED) is 0.00653. The van der Waals surface area contributed by atoms with Gasteiger partial charge in [-0.05, 0) is 64.9 Å². The van der Waals surface area contributed by atoms with Crippen molar-refractivity contribution in [3.8, 4) is 11.5 Å². The SMILES string of the molecule is CC(CCCOCCOCCOCCOCCOCC(=O)Oc1c(F)c(F)c(F)c(F)c1F)Nc1ccc2ccc3cccc4ccc1c2c34.CN(CCS(=O)(=O)[O-])S(C)(=O)=O.CN(CCS(=O)(=O)[O-])S(C)(=O)=O.COCCOCCOCCOCCOCC1COC(c2ccc(OCCOCCOCCOCCNC(=O)OCCOC(C)=O)cc2)O1. The minimum absolute atomic E-state index is 0.00366. The summed E-state index contributed by atoms with van der Waals surface area (Å²) in [6.45, 7) is 13.0. The number of methoxy groups -OCH3 is 1. The van der Waals surface area contributed by atoms with Crippen LogP contribution in [0.1, 0.15) is 38.5 Å². The molecule has 1 aliphatic heterocycles. The number of halogens is 5. The van der Waals surface area contributed by atoms with E-state index in [-0.39, 0.29) is 64.9 Å². The number of ether oxygens (including phenoxy) is 19. The lowest BCUT2D eigenvalue weighted by Gasteiger charge is -2.19. The van der Waals surface area contributed by atoms with Crippen LogP contribution in [-0.4, -0.2) is 338 Å². The first-order chi connectivity index (χ1) is 58.1. The molecule has 1 aliphatic rings. The maximum atomic E-state index is 13.6. The van der Waals surface area contributed by atoms with Gasteiger partial charge in [0.05, 0.1) is 203 Å². The maximum absolute atomic E-state index is 13.6. The van der Waals surface area contributed by atoms with Crippen molar-refractivity contribution in [3.05, 3.63) is 114 Å². The molecule has 6 aromatic rings. The maximum Gasteiger partial charge on any atom is 0.407 e. The molecule has 3 atom stereocenters. The van der Waals surface area contributed by atoms with Gasteiger partial charge < -0.3 is 110 Å². The summed E-state index contributed by atoms with van der Waals surface area (Å²) in [6.07, 6.45) is 2.55. The monoisotopic (exact) mass is 1830 g/mol. The predicted molar refractivity (Wildman–Crippen MR) is 432 cm³/mol. The number of esters is 2. The molecule has 3 unspecified atom stereocenters. The van der Waals surface area contributed by atoms with Gasteiger partial charge in [-0.3, -0.25) is 4.79 Å². The van der Waals surface area contributed by atoms with Crippen LogP contribution in [0.25, 0.3) is 32.3 Å². The fraction of sp³-hybridized carbons (Fsp3) is 0.597. The Kier molecular flexibility index (Phi) is 52.5. The van der Waals surface area contributed by atoms with Crippen LogP contribution in [0.5, 0.6) is 11.5 Å². The summed E-state index contributed by atoms with van der Waals surface area (Å²) in [6, 6.07) is 27.4. The van der Waals surface area contributed by atoms with E-state index < -0.39 is 118 Å². The van der Waals surface area contributed by atoms with Gasteiger partial charge in [-0.1, -0.05) is 60.7 Å². The molecule has 0 saturated carbocycles. The molecule has 0 bridgehead atoms. The largest absolute Gasteiger partial charge is 0.748 e. The number of benzene rings is 6. The van der Waals surface area contributed by atoms with Crippen molar-refractivity contribution in [1.82, 2.24) is 13.9 Å². The van der Waals surface area contributed by atoms with E-state index in [0.717, 1.165) is 51.0 Å². The Morgan fingerprint density at radius 1 is 0.508 bits per heavy atom. The van der Waals surface area contributed by atoms with E-state index in [1.165, 1.54) is 53.3 Å². The van der Waals surface area contributed by atoms with Crippen LogP contribution in [0.4, 0.5) is 32.4 Å². The molecule has 1 fully saturated rings. The van der Waals surface area contributed by atoms with E-state index in [4.69, 9.17) is 80.5 Å². The number of alkyl carbamates (subject to hydrolysis) is 1. The van der Waals surface area contributed by atoms with Crippen LogP contribution >= 0.6 is 0 Å². The van der Waals surface area contributed by atoms with Gasteiger partial charge in [0.1, 0.15) is 38.3 Å². The standard InChI is InChI=1S/C37H38F5NO7.C32H53NO15.2C4H11NO5S2/c1-23(43-28-12-10-26-8-7-24-5-2-6-25-9-11-27(28)31(26)30(24)25)4-3-13-45-14-15-46-16-17-47-18-19-48-20-21-49-22-29(44)50-37-35(41)33(39)32(38)34(40)36(37)42;1-27(34)44-23-24-46-32(35)33-7-8-37-11-12-39-17-18-42-21-22-45-29-5-3-28(4-6-29)31-47-26-30(48-31)25-43-20-19-41-16-15-40-14-13-38-10-9-36-2;2*1-5(11(2,6)7)3-4-12(8,9)10/h2,5-12,23,43H,3-4,13-22H2,1H3;3-6,30-31H,7-26H2,1-2H3,(H,33,35);2*3-4H2,1-2H3,(H,8,9,10)/p-2. The van der Waals surface area contributed by atoms with Crippen molar-refractivity contribution < 1.29 is 169 Å². The molecule has 122 heavy (non-hydrogen) atoms. The summed E-state index contributed by atoms with van der Waals surface area (Å²) in [5.41, 5.74) is 2.04. The molecular formula is C77H111F5N4O32S4-2. The summed E-state index contributed by atoms with van der Waals surface area (Å²) >= 11 is 0. The Bertz CT molecular complexity index is 4350. The topological polar surface area (TPSA) is 440 Å². The van der Waals surface area contributed by atoms with Crippen LogP contribution in [0.2, 0.25) is 0 Å². The third kappa shape index (κ3) is 46.2. The lowest BCUT2D eigenvalue weighted by atomic mass is 9.93. The first kappa shape index (κ1) is 107. The number of carbonyl (C=O) groups is 3. The molecule has 6 aromatic carbocycles. The molecule has 0 radical (unpaired) electrons. The zero-order chi connectivity index (χ0) is 89.8. The molecule has 692 valence electrons. The van der Waals surface area contributed by atoms with E-state index >= 15 is 0 Å². The number of anilines is 1. The average Bonchev–Trinajstić information content (AvgIpc) is 0.764. The summed E-state index contributed by atoms with van der Waals surface area (Å²) in [7, 11) is -11.4. The molecule has 1 heterocycles. The van der Waals surface area contributed by atoms with Gasteiger partial charge in [0.25, 0.3) is 0 Å². The fourth-order valence-electron chi connectivity index (χ4n) is 10.2. The summed E-state index contributed by atoms with van der Waals surface area (Å²) in [5.74, 6) is -15.4. The lowest BCUT2D eigenvalue weighted by molar-refractivity contribution is -0.142. The number of hydrogen-bond donors (Lipinski definition) is 2. The van der Waals surface area contributed by atoms with E-state index in [2.05, 4.69) is 81.6 Å². The molecule has 1 saturated heterocycles. The highest BCUT2D eigenvalue weighted by Crippen LogP contribution is 2.38. The normalized spacial score (nSPS) is 14.0. The van der Waals surface area contributed by atoms with Crippen molar-refractivity contribution >= 4 is 96.3 Å². The van der Waals surface area contributed by atoms with Crippen molar-refractivity contribution in [2.24, 2.45) is 0 Å². The average molecular weight is 1830 g/mol. The second-order valence-corrected chi connectivity index (χ2v) is 33.4. The van der Waals surface area contributed by atoms with Crippen LogP contribution in [0.15, 0.2) is 78.9 Å². The number of rotatable bonds is 60. The Hall–Kier alpha value is -7.14. The third-order valence-electron chi connectivity index (χ3n) is 16.5. The van der Waals surface area contributed by atoms with Gasteiger partial charge in [-0.2, -0.15) is 8.78 Å². The molecule has 0 aromatic heterocycles. The Morgan fingerprint density at radius 3 is 1.42 bits per heavy atom. The van der Waals surface area contributed by atoms with Gasteiger partial charge in [-0.25, -0.2) is 65.0 Å². The van der Waals surface area contributed by atoms with Gasteiger partial charge in [0.15, 0.2) is 6.29 Å². The second kappa shape index (κ2) is 59.7. The number of nitrogens with zero attached hydrogens (tertiary/aromatic N) is 2. The number of hydrogen-bond acceptors (Lipinski definition) is 33. The van der Waals surface area contributed by atoms with Crippen molar-refractivity contribution in [3.63, 3.8) is 0 Å². The van der Waals surface area contributed by atoms with Crippen LogP contribution in [0.3, 0.4) is 0 Å². The van der Waals surface area contributed by atoms with Gasteiger partial charge >= 0.3 is 18.0 Å². The highest BCUT2D eigenvalue weighted by Gasteiger charge is 2.30. The summed E-state index contributed by atoms with van der Waals surface area (Å²) in [4.78, 5) is 33.7. The highest BCUT2D eigenvalue weighted by atomic mass is 32.2. The molecule has 7 rings (SSSR count). The number of sulfonamides is 2. The second-order valence-electron chi connectivity index (χ2n) is 26.2. The first-order valence-electron chi connectivity index (χ1n) is 38.4. The van der Waals surface area contributed by atoms with Crippen molar-refractivity contribution in [1.29, 1.82) is 0 Å². The highest BCUT2D eigenvalue weighted by molar-refractivity contribution is 7.89. The minimum atomic E-state index is -4.34. The first-order valence-corrected chi connectivity index (χ1v) is 45.3. The smallest absolute Gasteiger partial charge is 0.407 e. The fourth-order valence-corrected chi connectivity index (χ4v) is 12.2. The zero-order valence-corrected chi connectivity index (χ0v) is 72.4. The third-order valence-corrected chi connectivity index (χ3v) is 20.5. The van der Waals surface area contributed by atoms with E-state index in [9.17, 15) is 79.1 Å². The van der Waals surface area contributed by atoms with Crippen LogP contribution in [-0.2, 0) is 130 Å². The van der Waals surface area contributed by atoms with Gasteiger partial charge in [0, 0.05) is 77.0 Å². The Balaban J connectivity index is 0.000000403. The molecule has 36 nitrogen and oxygen atoms in total. The van der Waals surface area contributed by atoms with Crippen LogP contribution in [0, 0.1) is 29.1 Å². The van der Waals surface area contributed by atoms with Crippen LogP contribution < -0.4 is 20.1 Å². The number of nitrogens with one attached hydrogen (secondary N) is 2. The lowest BCUT2D eigenvalue weighted by Crippen LogP contribution is -2.30. The number of carbonyl (C=O) groups excluding carboxylic acids is 3. The molecule has 45 heteroatoms. The predicted octanol–water partition coefficient (Wildman–Crippen LogP) is 5.93. The van der Waals surface area contributed by atoms with E-state index in [1.54, 1.807) is 7.11 Å². The van der Waals surface area contributed by atoms with Gasteiger partial charge in [-0.15, -0.1) is 0 Å². The molecule has 0 spiro atoms. The van der Waals surface area contributed by atoms with Gasteiger partial charge in [0.2, 0.25) is 54.9 Å². The minimum Gasteiger partial charge on any atom is -0.748 e. The van der Waals surface area contributed by atoms with Crippen molar-refractivity contribution in [2.75, 3.05) is 262 Å². The number of amides is 1.